The van der Waals surface area contributed by atoms with E-state index >= 15 is 0 Å². The van der Waals surface area contributed by atoms with E-state index in [2.05, 4.69) is 10.1 Å². The zero-order chi connectivity index (χ0) is 15.2. The minimum atomic E-state index is -4.57. The predicted molar refractivity (Wildman–Crippen MR) is 65.9 cm³/mol. The average molecular weight is 299 g/mol. The molecule has 0 saturated heterocycles. The molecule has 1 fully saturated rings. The van der Waals surface area contributed by atoms with Crippen molar-refractivity contribution in [2.24, 2.45) is 0 Å². The molecule has 1 aliphatic rings. The van der Waals surface area contributed by atoms with Crippen LogP contribution in [0.3, 0.4) is 0 Å². The number of halogens is 3. The van der Waals surface area contributed by atoms with E-state index in [4.69, 9.17) is 4.74 Å². The number of alkyl halides is 3. The lowest BCUT2D eigenvalue weighted by molar-refractivity contribution is -0.142. The van der Waals surface area contributed by atoms with Gasteiger partial charge < -0.3 is 4.74 Å². The van der Waals surface area contributed by atoms with Gasteiger partial charge in [-0.3, -0.25) is 0 Å². The Hall–Kier alpha value is -2.12. The zero-order valence-corrected chi connectivity index (χ0v) is 11.1. The fourth-order valence-electron chi connectivity index (χ4n) is 2.12. The van der Waals surface area contributed by atoms with Gasteiger partial charge in [0.25, 0.3) is 0 Å². The molecule has 112 valence electrons. The SMILES string of the molecule is CCOC(=O)c1cnn2c(C(F)(F)F)cc(C3CC3)nc12. The lowest BCUT2D eigenvalue weighted by Crippen LogP contribution is -2.15. The van der Waals surface area contributed by atoms with Crippen molar-refractivity contribution in [3.63, 3.8) is 0 Å². The molecule has 0 aromatic carbocycles. The van der Waals surface area contributed by atoms with Gasteiger partial charge in [-0.05, 0) is 25.8 Å². The van der Waals surface area contributed by atoms with Crippen molar-refractivity contribution in [2.45, 2.75) is 31.9 Å². The lowest BCUT2D eigenvalue weighted by atomic mass is 10.2. The van der Waals surface area contributed by atoms with Gasteiger partial charge in [-0.1, -0.05) is 0 Å². The Morgan fingerprint density at radius 1 is 1.48 bits per heavy atom. The third-order valence-corrected chi connectivity index (χ3v) is 3.27. The third-order valence-electron chi connectivity index (χ3n) is 3.27. The van der Waals surface area contributed by atoms with Crippen LogP contribution in [0, 0.1) is 0 Å². The molecule has 0 unspecified atom stereocenters. The monoisotopic (exact) mass is 299 g/mol. The second-order valence-corrected chi connectivity index (χ2v) is 4.85. The third kappa shape index (κ3) is 2.45. The molecule has 0 atom stereocenters. The van der Waals surface area contributed by atoms with Crippen molar-refractivity contribution >= 4 is 11.6 Å². The number of carbonyl (C=O) groups is 1. The zero-order valence-electron chi connectivity index (χ0n) is 11.1. The molecule has 0 N–H and O–H groups in total. The summed E-state index contributed by atoms with van der Waals surface area (Å²) in [5, 5.41) is 3.64. The topological polar surface area (TPSA) is 56.5 Å². The smallest absolute Gasteiger partial charge is 0.433 e. The van der Waals surface area contributed by atoms with E-state index in [0.717, 1.165) is 25.1 Å². The Labute approximate surface area is 117 Å². The quantitative estimate of drug-likeness (QED) is 0.818. The van der Waals surface area contributed by atoms with E-state index in [1.54, 1.807) is 6.92 Å². The van der Waals surface area contributed by atoms with Gasteiger partial charge in [-0.2, -0.15) is 18.3 Å². The van der Waals surface area contributed by atoms with Gasteiger partial charge in [0.05, 0.1) is 12.8 Å². The molecule has 0 bridgehead atoms. The summed E-state index contributed by atoms with van der Waals surface area (Å²) < 4.78 is 44.9. The number of hydrogen-bond acceptors (Lipinski definition) is 4. The predicted octanol–water partition coefficient (Wildman–Crippen LogP) is 2.80. The first-order valence-electron chi connectivity index (χ1n) is 6.54. The Morgan fingerprint density at radius 3 is 2.76 bits per heavy atom. The van der Waals surface area contributed by atoms with Crippen LogP contribution in [0.15, 0.2) is 12.3 Å². The second-order valence-electron chi connectivity index (χ2n) is 4.85. The highest BCUT2D eigenvalue weighted by molar-refractivity contribution is 5.95. The first-order valence-corrected chi connectivity index (χ1v) is 6.54. The number of nitrogens with zero attached hydrogens (tertiary/aromatic N) is 3. The molecule has 0 aliphatic heterocycles. The molecule has 5 nitrogen and oxygen atoms in total. The molecule has 0 amide bonds. The van der Waals surface area contributed by atoms with Crippen LogP contribution >= 0.6 is 0 Å². The van der Waals surface area contributed by atoms with Crippen LogP contribution in [0.1, 0.15) is 47.4 Å². The molecular weight excluding hydrogens is 287 g/mol. The first kappa shape index (κ1) is 13.8. The molecule has 3 rings (SSSR count). The minimum Gasteiger partial charge on any atom is -0.462 e. The summed E-state index contributed by atoms with van der Waals surface area (Å²) >= 11 is 0. The van der Waals surface area contributed by atoms with Crippen molar-refractivity contribution in [1.82, 2.24) is 14.6 Å². The molecule has 0 spiro atoms. The summed E-state index contributed by atoms with van der Waals surface area (Å²) in [4.78, 5) is 16.0. The number of hydrogen-bond donors (Lipinski definition) is 0. The van der Waals surface area contributed by atoms with Crippen LogP contribution in [0.25, 0.3) is 5.65 Å². The molecule has 1 aliphatic carbocycles. The molecule has 0 radical (unpaired) electrons. The van der Waals surface area contributed by atoms with Crippen molar-refractivity contribution in [3.05, 3.63) is 29.2 Å². The molecule has 2 aromatic rings. The van der Waals surface area contributed by atoms with Crippen LogP contribution in [0.2, 0.25) is 0 Å². The molecule has 8 heteroatoms. The van der Waals surface area contributed by atoms with E-state index < -0.39 is 17.8 Å². The van der Waals surface area contributed by atoms with Crippen molar-refractivity contribution < 1.29 is 22.7 Å². The van der Waals surface area contributed by atoms with E-state index in [1.165, 1.54) is 0 Å². The molecule has 2 aromatic heterocycles. The normalized spacial score (nSPS) is 15.4. The molecular formula is C13H12F3N3O2. The molecule has 21 heavy (non-hydrogen) atoms. The van der Waals surface area contributed by atoms with Gasteiger partial charge >= 0.3 is 12.1 Å². The maximum atomic E-state index is 13.1. The van der Waals surface area contributed by atoms with Gasteiger partial charge in [-0.15, -0.1) is 0 Å². The Morgan fingerprint density at radius 2 is 2.19 bits per heavy atom. The van der Waals surface area contributed by atoms with E-state index in [0.29, 0.717) is 10.2 Å². The highest BCUT2D eigenvalue weighted by atomic mass is 19.4. The lowest BCUT2D eigenvalue weighted by Gasteiger charge is -2.11. The van der Waals surface area contributed by atoms with Gasteiger partial charge in [-0.25, -0.2) is 14.3 Å². The number of carbonyl (C=O) groups excluding carboxylic acids is 1. The second kappa shape index (κ2) is 4.71. The highest BCUT2D eigenvalue weighted by Crippen LogP contribution is 2.41. The summed E-state index contributed by atoms with van der Waals surface area (Å²) in [7, 11) is 0. The summed E-state index contributed by atoms with van der Waals surface area (Å²) in [6.45, 7) is 1.75. The summed E-state index contributed by atoms with van der Waals surface area (Å²) in [5.74, 6) is -0.692. The Bertz CT molecular complexity index is 704. The number of ether oxygens (including phenoxy) is 1. The average Bonchev–Trinajstić information content (AvgIpc) is 3.16. The first-order chi connectivity index (χ1) is 9.91. The van der Waals surface area contributed by atoms with Crippen molar-refractivity contribution in [1.29, 1.82) is 0 Å². The number of rotatable bonds is 3. The van der Waals surface area contributed by atoms with Crippen LogP contribution in [0.5, 0.6) is 0 Å². The van der Waals surface area contributed by atoms with E-state index in [-0.39, 0.29) is 23.7 Å². The van der Waals surface area contributed by atoms with Crippen LogP contribution < -0.4 is 0 Å². The molecule has 2 heterocycles. The van der Waals surface area contributed by atoms with Gasteiger partial charge in [0, 0.05) is 11.6 Å². The number of esters is 1. The summed E-state index contributed by atoms with van der Waals surface area (Å²) in [6, 6.07) is 1.01. The van der Waals surface area contributed by atoms with Gasteiger partial charge in [0.15, 0.2) is 5.65 Å². The Kier molecular flexibility index (Phi) is 3.11. The Balaban J connectivity index is 2.20. The molecule has 1 saturated carbocycles. The fourth-order valence-corrected chi connectivity index (χ4v) is 2.12. The van der Waals surface area contributed by atoms with E-state index in [1.807, 2.05) is 0 Å². The van der Waals surface area contributed by atoms with Crippen LogP contribution in [0.4, 0.5) is 13.2 Å². The van der Waals surface area contributed by atoms with E-state index in [9.17, 15) is 18.0 Å². The maximum Gasteiger partial charge on any atom is 0.433 e. The minimum absolute atomic E-state index is 0.0287. The summed E-state index contributed by atoms with van der Waals surface area (Å²) in [6.07, 6.45) is -1.89. The summed E-state index contributed by atoms with van der Waals surface area (Å²) in [5.41, 5.74) is -0.735. The van der Waals surface area contributed by atoms with Crippen molar-refractivity contribution in [3.8, 4) is 0 Å². The van der Waals surface area contributed by atoms with Crippen molar-refractivity contribution in [2.75, 3.05) is 6.61 Å². The maximum absolute atomic E-state index is 13.1. The number of fused-ring (bicyclic) bond motifs is 1. The standard InChI is InChI=1S/C13H12F3N3O2/c1-2-21-12(20)8-6-17-19-10(13(14,15)16)5-9(7-3-4-7)18-11(8)19/h5-7H,2-4H2,1H3. The van der Waals surface area contributed by atoms with Gasteiger partial charge in [0.1, 0.15) is 11.3 Å². The number of aromatic nitrogens is 3. The van der Waals surface area contributed by atoms with Crippen LogP contribution in [-0.4, -0.2) is 27.2 Å². The fraction of sp³-hybridized carbons (Fsp3) is 0.462. The van der Waals surface area contributed by atoms with Gasteiger partial charge in [0.2, 0.25) is 0 Å². The van der Waals surface area contributed by atoms with Crippen LogP contribution in [-0.2, 0) is 10.9 Å². The highest BCUT2D eigenvalue weighted by Gasteiger charge is 2.38. The largest absolute Gasteiger partial charge is 0.462 e.